The SMILES string of the molecule is CN(C)c1ccc(C=NNC(=O)c2cc[n+](Cc3ccccc3)cc2)cc1.[Cl-]. The van der Waals surface area contributed by atoms with Gasteiger partial charge in [0.05, 0.1) is 11.8 Å². The van der Waals surface area contributed by atoms with Gasteiger partial charge in [0.1, 0.15) is 0 Å². The molecule has 6 heteroatoms. The quantitative estimate of drug-likeness (QED) is 0.359. The van der Waals surface area contributed by atoms with E-state index in [4.69, 9.17) is 0 Å². The minimum atomic E-state index is -0.233. The first-order valence-corrected chi connectivity index (χ1v) is 8.75. The number of rotatable bonds is 6. The first kappa shape index (κ1) is 21.1. The molecule has 5 nitrogen and oxygen atoms in total. The number of pyridine rings is 1. The van der Waals surface area contributed by atoms with Crippen molar-refractivity contribution < 1.29 is 21.8 Å². The smallest absolute Gasteiger partial charge is 0.271 e. The van der Waals surface area contributed by atoms with Crippen LogP contribution in [-0.4, -0.2) is 26.2 Å². The summed E-state index contributed by atoms with van der Waals surface area (Å²) in [6.07, 6.45) is 5.42. The van der Waals surface area contributed by atoms with Crippen LogP contribution in [0.5, 0.6) is 0 Å². The van der Waals surface area contributed by atoms with Crippen molar-refractivity contribution in [2.75, 3.05) is 19.0 Å². The van der Waals surface area contributed by atoms with Crippen molar-refractivity contribution in [3.63, 3.8) is 0 Å². The minimum absolute atomic E-state index is 0. The standard InChI is InChI=1S/C22H22N4O.ClH/c1-25(2)21-10-8-18(9-11-21)16-23-24-22(27)20-12-14-26(15-13-20)17-19-6-4-3-5-7-19;/h3-16H,17H2,1-2H3;1H. The summed E-state index contributed by atoms with van der Waals surface area (Å²) in [5.74, 6) is -0.233. The summed E-state index contributed by atoms with van der Waals surface area (Å²) in [6, 6.07) is 21.7. The van der Waals surface area contributed by atoms with Gasteiger partial charge in [-0.3, -0.25) is 4.79 Å². The molecule has 0 aliphatic carbocycles. The maximum absolute atomic E-state index is 12.2. The van der Waals surface area contributed by atoms with Gasteiger partial charge in [0, 0.05) is 37.5 Å². The molecule has 0 fully saturated rings. The van der Waals surface area contributed by atoms with Crippen LogP contribution < -0.4 is 27.3 Å². The van der Waals surface area contributed by atoms with Crippen molar-refractivity contribution in [1.29, 1.82) is 0 Å². The summed E-state index contributed by atoms with van der Waals surface area (Å²) in [6.45, 7) is 0.768. The molecule has 0 saturated carbocycles. The number of nitrogens with one attached hydrogen (secondary N) is 1. The first-order chi connectivity index (χ1) is 13.1. The van der Waals surface area contributed by atoms with E-state index in [1.165, 1.54) is 5.56 Å². The van der Waals surface area contributed by atoms with Crippen LogP contribution in [-0.2, 0) is 6.54 Å². The number of aromatic nitrogens is 1. The van der Waals surface area contributed by atoms with Gasteiger partial charge in [0.2, 0.25) is 0 Å². The lowest BCUT2D eigenvalue weighted by Crippen LogP contribution is -3.00. The Morgan fingerprint density at radius 2 is 1.64 bits per heavy atom. The zero-order valence-electron chi connectivity index (χ0n) is 15.9. The second-order valence-electron chi connectivity index (χ2n) is 6.43. The highest BCUT2D eigenvalue weighted by atomic mass is 35.5. The second kappa shape index (κ2) is 10.2. The van der Waals surface area contributed by atoms with E-state index < -0.39 is 0 Å². The number of anilines is 1. The Balaban J connectivity index is 0.00000280. The van der Waals surface area contributed by atoms with Gasteiger partial charge < -0.3 is 17.3 Å². The summed E-state index contributed by atoms with van der Waals surface area (Å²) in [5, 5.41) is 4.04. The number of carbonyl (C=O) groups excluding carboxylic acids is 1. The van der Waals surface area contributed by atoms with Crippen LogP contribution in [0.15, 0.2) is 84.2 Å². The lowest BCUT2D eigenvalue weighted by Gasteiger charge is -2.11. The fraction of sp³-hybridized carbons (Fsp3) is 0.136. The zero-order chi connectivity index (χ0) is 19.1. The summed E-state index contributed by atoms with van der Waals surface area (Å²) < 4.78 is 2.03. The highest BCUT2D eigenvalue weighted by Gasteiger charge is 2.08. The predicted octanol–water partition coefficient (Wildman–Crippen LogP) is -0.144. The van der Waals surface area contributed by atoms with E-state index in [1.807, 2.05) is 78.4 Å². The van der Waals surface area contributed by atoms with E-state index in [0.717, 1.165) is 17.8 Å². The van der Waals surface area contributed by atoms with Crippen LogP contribution in [0.1, 0.15) is 21.5 Å². The zero-order valence-corrected chi connectivity index (χ0v) is 16.7. The maximum Gasteiger partial charge on any atom is 0.271 e. The number of hydrogen-bond donors (Lipinski definition) is 1. The Bertz CT molecular complexity index is 908. The Hall–Kier alpha value is -3.18. The Labute approximate surface area is 171 Å². The summed E-state index contributed by atoms with van der Waals surface area (Å²) in [4.78, 5) is 14.2. The fourth-order valence-electron chi connectivity index (χ4n) is 2.60. The van der Waals surface area contributed by atoms with Gasteiger partial charge in [-0.15, -0.1) is 0 Å². The molecule has 1 heterocycles. The van der Waals surface area contributed by atoms with Crippen LogP contribution in [0.2, 0.25) is 0 Å². The molecule has 2 aromatic carbocycles. The van der Waals surface area contributed by atoms with Gasteiger partial charge in [-0.25, -0.2) is 9.99 Å². The van der Waals surface area contributed by atoms with Gasteiger partial charge >= 0.3 is 0 Å². The van der Waals surface area contributed by atoms with Crippen molar-refractivity contribution in [3.8, 4) is 0 Å². The van der Waals surface area contributed by atoms with Crippen LogP contribution in [0.25, 0.3) is 0 Å². The van der Waals surface area contributed by atoms with Crippen molar-refractivity contribution >= 4 is 17.8 Å². The van der Waals surface area contributed by atoms with E-state index in [0.29, 0.717) is 5.56 Å². The Morgan fingerprint density at radius 1 is 1.00 bits per heavy atom. The lowest BCUT2D eigenvalue weighted by atomic mass is 10.2. The molecular weight excluding hydrogens is 372 g/mol. The molecule has 0 saturated heterocycles. The number of hydrogen-bond acceptors (Lipinski definition) is 3. The van der Waals surface area contributed by atoms with Crippen molar-refractivity contribution in [3.05, 3.63) is 95.8 Å². The van der Waals surface area contributed by atoms with Gasteiger partial charge in [-0.1, -0.05) is 42.5 Å². The van der Waals surface area contributed by atoms with Crippen molar-refractivity contribution in [1.82, 2.24) is 5.43 Å². The van der Waals surface area contributed by atoms with E-state index in [-0.39, 0.29) is 18.3 Å². The van der Waals surface area contributed by atoms with Crippen LogP contribution in [0, 0.1) is 0 Å². The molecule has 144 valence electrons. The fourth-order valence-corrected chi connectivity index (χ4v) is 2.60. The first-order valence-electron chi connectivity index (χ1n) is 8.75. The highest BCUT2D eigenvalue weighted by Crippen LogP contribution is 2.10. The Morgan fingerprint density at radius 3 is 2.25 bits per heavy atom. The monoisotopic (exact) mass is 394 g/mol. The maximum atomic E-state index is 12.2. The third kappa shape index (κ3) is 5.93. The molecule has 0 bridgehead atoms. The molecule has 1 N–H and O–H groups in total. The molecule has 28 heavy (non-hydrogen) atoms. The van der Waals surface area contributed by atoms with E-state index in [9.17, 15) is 4.79 Å². The van der Waals surface area contributed by atoms with Gasteiger partial charge in [0.25, 0.3) is 5.91 Å². The minimum Gasteiger partial charge on any atom is -1.00 e. The molecule has 1 aromatic heterocycles. The third-order valence-corrected chi connectivity index (χ3v) is 4.15. The topological polar surface area (TPSA) is 48.6 Å². The largest absolute Gasteiger partial charge is 1.00 e. The van der Waals surface area contributed by atoms with Gasteiger partial charge in [-0.2, -0.15) is 5.10 Å². The number of amides is 1. The Kier molecular flexibility index (Phi) is 7.72. The molecule has 0 spiro atoms. The lowest BCUT2D eigenvalue weighted by molar-refractivity contribution is -0.688. The van der Waals surface area contributed by atoms with Crippen LogP contribution >= 0.6 is 0 Å². The molecule has 0 aliphatic heterocycles. The highest BCUT2D eigenvalue weighted by molar-refractivity contribution is 5.94. The van der Waals surface area contributed by atoms with E-state index >= 15 is 0 Å². The second-order valence-corrected chi connectivity index (χ2v) is 6.43. The molecule has 0 radical (unpaired) electrons. The predicted molar refractivity (Wildman–Crippen MR) is 108 cm³/mol. The molecule has 0 atom stereocenters. The third-order valence-electron chi connectivity index (χ3n) is 4.15. The average molecular weight is 395 g/mol. The normalized spacial score (nSPS) is 10.4. The van der Waals surface area contributed by atoms with Crippen molar-refractivity contribution in [2.24, 2.45) is 5.10 Å². The van der Waals surface area contributed by atoms with Crippen molar-refractivity contribution in [2.45, 2.75) is 6.54 Å². The average Bonchev–Trinajstić information content (AvgIpc) is 2.69. The molecule has 3 aromatic rings. The van der Waals surface area contributed by atoms with E-state index in [2.05, 4.69) is 22.7 Å². The number of halogens is 1. The molecule has 0 aliphatic rings. The number of hydrazone groups is 1. The molecular formula is C22H23ClN4O. The molecule has 3 rings (SSSR count). The molecule has 1 amide bonds. The van der Waals surface area contributed by atoms with E-state index in [1.54, 1.807) is 18.3 Å². The summed E-state index contributed by atoms with van der Waals surface area (Å²) in [5.41, 5.74) is 6.39. The number of nitrogens with zero attached hydrogens (tertiary/aromatic N) is 3. The van der Waals surface area contributed by atoms with Crippen LogP contribution in [0.3, 0.4) is 0 Å². The van der Waals surface area contributed by atoms with Crippen LogP contribution in [0.4, 0.5) is 5.69 Å². The number of carbonyl (C=O) groups is 1. The number of benzene rings is 2. The van der Waals surface area contributed by atoms with Gasteiger partial charge in [0.15, 0.2) is 18.9 Å². The van der Waals surface area contributed by atoms with Gasteiger partial charge in [-0.05, 0) is 17.7 Å². The molecule has 0 unspecified atom stereocenters. The summed E-state index contributed by atoms with van der Waals surface area (Å²) >= 11 is 0. The summed E-state index contributed by atoms with van der Waals surface area (Å²) in [7, 11) is 3.99.